The second-order valence-corrected chi connectivity index (χ2v) is 5.62. The number of hydrogen-bond donors (Lipinski definition) is 2. The van der Waals surface area contributed by atoms with E-state index < -0.39 is 11.8 Å². The first-order chi connectivity index (χ1) is 8.61. The van der Waals surface area contributed by atoms with E-state index in [1.54, 1.807) is 0 Å². The van der Waals surface area contributed by atoms with Gasteiger partial charge in [0.15, 0.2) is 0 Å². The van der Waals surface area contributed by atoms with E-state index in [0.717, 1.165) is 19.3 Å². The number of thioether (sulfide) groups is 1. The lowest BCUT2D eigenvalue weighted by Gasteiger charge is -2.16. The normalized spacial score (nSPS) is 23.0. The Morgan fingerprint density at radius 3 is 2.89 bits per heavy atom. The quantitative estimate of drug-likeness (QED) is 0.881. The van der Waals surface area contributed by atoms with Crippen LogP contribution >= 0.6 is 11.8 Å². The molecule has 2 rings (SSSR count). The fourth-order valence-electron chi connectivity index (χ4n) is 2.34. The molecule has 3 nitrogen and oxygen atoms in total. The van der Waals surface area contributed by atoms with Crippen molar-refractivity contribution in [2.75, 3.05) is 11.6 Å². The first-order valence-electron chi connectivity index (χ1n) is 5.93. The summed E-state index contributed by atoms with van der Waals surface area (Å²) >= 11 is 1.81. The first-order valence-corrected chi connectivity index (χ1v) is 7.21. The van der Waals surface area contributed by atoms with Crippen molar-refractivity contribution in [2.24, 2.45) is 0 Å². The SMILES string of the molecule is CSC1CCC(Nc2c(F)cccc2C(=O)O)C1. The molecule has 0 amide bonds. The lowest BCUT2D eigenvalue weighted by molar-refractivity contribution is 0.0697. The summed E-state index contributed by atoms with van der Waals surface area (Å²) in [6, 6.07) is 4.30. The van der Waals surface area contributed by atoms with Gasteiger partial charge in [-0.15, -0.1) is 0 Å². The molecule has 0 bridgehead atoms. The van der Waals surface area contributed by atoms with Crippen LogP contribution in [0, 0.1) is 5.82 Å². The van der Waals surface area contributed by atoms with Crippen LogP contribution in [0.25, 0.3) is 0 Å². The summed E-state index contributed by atoms with van der Waals surface area (Å²) in [4.78, 5) is 11.1. The molecule has 0 aromatic heterocycles. The van der Waals surface area contributed by atoms with Gasteiger partial charge in [-0.05, 0) is 37.7 Å². The van der Waals surface area contributed by atoms with E-state index in [-0.39, 0.29) is 17.3 Å². The molecule has 2 atom stereocenters. The number of carboxylic acid groups (broad SMARTS) is 1. The number of benzene rings is 1. The van der Waals surface area contributed by atoms with E-state index in [9.17, 15) is 9.18 Å². The highest BCUT2D eigenvalue weighted by molar-refractivity contribution is 7.99. The lowest BCUT2D eigenvalue weighted by atomic mass is 10.1. The maximum absolute atomic E-state index is 13.7. The van der Waals surface area contributed by atoms with Crippen molar-refractivity contribution in [2.45, 2.75) is 30.6 Å². The van der Waals surface area contributed by atoms with Gasteiger partial charge < -0.3 is 10.4 Å². The molecule has 2 N–H and O–H groups in total. The van der Waals surface area contributed by atoms with Crippen molar-refractivity contribution in [1.29, 1.82) is 0 Å². The van der Waals surface area contributed by atoms with Crippen LogP contribution in [0.2, 0.25) is 0 Å². The summed E-state index contributed by atoms with van der Waals surface area (Å²) in [5.41, 5.74) is 0.124. The zero-order valence-electron chi connectivity index (χ0n) is 10.1. The van der Waals surface area contributed by atoms with Crippen LogP contribution in [0.5, 0.6) is 0 Å². The molecule has 1 fully saturated rings. The van der Waals surface area contributed by atoms with E-state index in [2.05, 4.69) is 11.6 Å². The number of hydrogen-bond acceptors (Lipinski definition) is 3. The summed E-state index contributed by atoms with van der Waals surface area (Å²) in [5.74, 6) is -1.60. The molecule has 18 heavy (non-hydrogen) atoms. The van der Waals surface area contributed by atoms with Crippen LogP contribution < -0.4 is 5.32 Å². The average Bonchev–Trinajstić information content (AvgIpc) is 2.79. The fourth-order valence-corrected chi connectivity index (χ4v) is 3.14. The molecule has 0 spiro atoms. The first kappa shape index (κ1) is 13.2. The summed E-state index contributed by atoms with van der Waals surface area (Å²) < 4.78 is 13.7. The zero-order valence-corrected chi connectivity index (χ0v) is 11.0. The molecule has 0 aliphatic heterocycles. The minimum atomic E-state index is -1.10. The Bertz CT molecular complexity index is 453. The second-order valence-electron chi connectivity index (χ2n) is 4.48. The van der Waals surface area contributed by atoms with Crippen LogP contribution in [0.3, 0.4) is 0 Å². The van der Waals surface area contributed by atoms with Gasteiger partial charge in [0.25, 0.3) is 0 Å². The van der Waals surface area contributed by atoms with E-state index in [1.807, 2.05) is 11.8 Å². The van der Waals surface area contributed by atoms with Gasteiger partial charge in [0.2, 0.25) is 0 Å². The van der Waals surface area contributed by atoms with Crippen molar-refractivity contribution in [1.82, 2.24) is 0 Å². The van der Waals surface area contributed by atoms with Crippen molar-refractivity contribution >= 4 is 23.4 Å². The average molecular weight is 269 g/mol. The van der Waals surface area contributed by atoms with Gasteiger partial charge in [-0.2, -0.15) is 11.8 Å². The van der Waals surface area contributed by atoms with Gasteiger partial charge in [0.1, 0.15) is 5.82 Å². The number of para-hydroxylation sites is 1. The van der Waals surface area contributed by atoms with E-state index in [1.165, 1.54) is 18.2 Å². The third kappa shape index (κ3) is 2.77. The van der Waals surface area contributed by atoms with Gasteiger partial charge in [0.05, 0.1) is 11.3 Å². The van der Waals surface area contributed by atoms with Crippen LogP contribution in [-0.4, -0.2) is 28.6 Å². The van der Waals surface area contributed by atoms with Crippen molar-refractivity contribution in [3.05, 3.63) is 29.6 Å². The predicted octanol–water partition coefficient (Wildman–Crippen LogP) is 3.22. The molecule has 2 unspecified atom stereocenters. The number of rotatable bonds is 4. The number of aromatic carboxylic acids is 1. The minimum Gasteiger partial charge on any atom is -0.478 e. The maximum Gasteiger partial charge on any atom is 0.337 e. The van der Waals surface area contributed by atoms with Gasteiger partial charge in [0, 0.05) is 11.3 Å². The predicted molar refractivity (Wildman–Crippen MR) is 71.9 cm³/mol. The van der Waals surface area contributed by atoms with E-state index >= 15 is 0 Å². The van der Waals surface area contributed by atoms with Gasteiger partial charge in [-0.3, -0.25) is 0 Å². The number of halogens is 1. The highest BCUT2D eigenvalue weighted by Crippen LogP contribution is 2.31. The third-order valence-electron chi connectivity index (χ3n) is 3.31. The molecule has 1 aliphatic rings. The highest BCUT2D eigenvalue weighted by atomic mass is 32.2. The Morgan fingerprint density at radius 1 is 1.50 bits per heavy atom. The van der Waals surface area contributed by atoms with Crippen LogP contribution in [-0.2, 0) is 0 Å². The molecule has 1 saturated carbocycles. The molecule has 1 aromatic rings. The molecular weight excluding hydrogens is 253 g/mol. The molecule has 5 heteroatoms. The van der Waals surface area contributed by atoms with Crippen LogP contribution in [0.4, 0.5) is 10.1 Å². The summed E-state index contributed by atoms with van der Waals surface area (Å²) in [5, 5.41) is 12.7. The summed E-state index contributed by atoms with van der Waals surface area (Å²) in [6.07, 6.45) is 5.07. The van der Waals surface area contributed by atoms with E-state index in [0.29, 0.717) is 5.25 Å². The van der Waals surface area contributed by atoms with E-state index in [4.69, 9.17) is 5.11 Å². The van der Waals surface area contributed by atoms with Crippen molar-refractivity contribution in [3.8, 4) is 0 Å². The van der Waals surface area contributed by atoms with Crippen molar-refractivity contribution < 1.29 is 14.3 Å². The Morgan fingerprint density at radius 2 is 2.28 bits per heavy atom. The second kappa shape index (κ2) is 5.61. The monoisotopic (exact) mass is 269 g/mol. The van der Waals surface area contributed by atoms with Gasteiger partial charge in [-0.25, -0.2) is 9.18 Å². The largest absolute Gasteiger partial charge is 0.478 e. The molecular formula is C13H16FNO2S. The molecule has 0 heterocycles. The van der Waals surface area contributed by atoms with Gasteiger partial charge in [-0.1, -0.05) is 6.07 Å². The van der Waals surface area contributed by atoms with Gasteiger partial charge >= 0.3 is 5.97 Å². The number of nitrogens with one attached hydrogen (secondary N) is 1. The molecule has 0 saturated heterocycles. The number of carboxylic acids is 1. The summed E-state index contributed by atoms with van der Waals surface area (Å²) in [6.45, 7) is 0. The standard InChI is InChI=1S/C13H16FNO2S/c1-18-9-6-5-8(7-9)15-12-10(13(16)17)3-2-4-11(12)14/h2-4,8-9,15H,5-7H2,1H3,(H,16,17). The number of carbonyl (C=O) groups is 1. The molecule has 98 valence electrons. The summed E-state index contributed by atoms with van der Waals surface area (Å²) in [7, 11) is 0. The molecule has 1 aromatic carbocycles. The highest BCUT2D eigenvalue weighted by Gasteiger charge is 2.26. The maximum atomic E-state index is 13.7. The zero-order chi connectivity index (χ0) is 13.1. The smallest absolute Gasteiger partial charge is 0.337 e. The van der Waals surface area contributed by atoms with Crippen LogP contribution in [0.15, 0.2) is 18.2 Å². The number of anilines is 1. The topological polar surface area (TPSA) is 49.3 Å². The molecule has 1 aliphatic carbocycles. The Hall–Kier alpha value is -1.23. The Balaban J connectivity index is 2.16. The molecule has 0 radical (unpaired) electrons. The minimum absolute atomic E-state index is 0.00241. The fraction of sp³-hybridized carbons (Fsp3) is 0.462. The third-order valence-corrected chi connectivity index (χ3v) is 4.41. The Kier molecular flexibility index (Phi) is 4.11. The lowest BCUT2D eigenvalue weighted by Crippen LogP contribution is -2.19. The van der Waals surface area contributed by atoms with Crippen LogP contribution in [0.1, 0.15) is 29.6 Å². The Labute approximate surface area is 110 Å². The van der Waals surface area contributed by atoms with Crippen molar-refractivity contribution in [3.63, 3.8) is 0 Å².